The van der Waals surface area contributed by atoms with E-state index in [1.54, 1.807) is 25.2 Å². The third-order valence-corrected chi connectivity index (χ3v) is 2.86. The molecule has 1 amide bonds. The van der Waals surface area contributed by atoms with Gasteiger partial charge in [0.15, 0.2) is 0 Å². The van der Waals surface area contributed by atoms with Crippen molar-refractivity contribution in [3.05, 3.63) is 29.8 Å². The molecule has 0 aliphatic heterocycles. The molecule has 1 aromatic rings. The predicted molar refractivity (Wildman–Crippen MR) is 80.0 cm³/mol. The summed E-state index contributed by atoms with van der Waals surface area (Å²) in [5, 5.41) is 5.71. The molecule has 1 aromatic carbocycles. The maximum absolute atomic E-state index is 12.4. The number of carbonyl (C=O) groups is 1. The quantitative estimate of drug-likeness (QED) is 0.774. The van der Waals surface area contributed by atoms with Gasteiger partial charge in [-0.15, -0.1) is 12.4 Å². The molecule has 1 unspecified atom stereocenters. The van der Waals surface area contributed by atoms with E-state index in [1.807, 2.05) is 6.92 Å². The number of halogens is 3. The average molecular weight is 323 g/mol. The van der Waals surface area contributed by atoms with Gasteiger partial charge in [0.25, 0.3) is 0 Å². The van der Waals surface area contributed by atoms with E-state index in [9.17, 15) is 13.6 Å². The zero-order valence-corrected chi connectivity index (χ0v) is 12.9. The van der Waals surface area contributed by atoms with Gasteiger partial charge in [0, 0.05) is 18.5 Å². The molecule has 0 saturated carbocycles. The average Bonchev–Trinajstić information content (AvgIpc) is 2.42. The minimum atomic E-state index is -2.88. The van der Waals surface area contributed by atoms with E-state index >= 15 is 0 Å². The Labute approximate surface area is 129 Å². The molecule has 0 heterocycles. The molecule has 7 heteroatoms. The Morgan fingerprint density at radius 1 is 1.33 bits per heavy atom. The first-order chi connectivity index (χ1) is 9.58. The van der Waals surface area contributed by atoms with Gasteiger partial charge in [-0.05, 0) is 19.5 Å². The van der Waals surface area contributed by atoms with Crippen molar-refractivity contribution in [1.29, 1.82) is 0 Å². The van der Waals surface area contributed by atoms with Crippen LogP contribution in [-0.4, -0.2) is 26.1 Å². The van der Waals surface area contributed by atoms with Crippen LogP contribution in [-0.2, 0) is 4.79 Å². The zero-order chi connectivity index (χ0) is 15.0. The minimum absolute atomic E-state index is 0. The van der Waals surface area contributed by atoms with Gasteiger partial charge in [0.2, 0.25) is 5.91 Å². The van der Waals surface area contributed by atoms with Crippen LogP contribution in [0.2, 0.25) is 0 Å². The van der Waals surface area contributed by atoms with Gasteiger partial charge in [-0.2, -0.15) is 8.78 Å². The van der Waals surface area contributed by atoms with E-state index in [4.69, 9.17) is 0 Å². The van der Waals surface area contributed by atoms with E-state index < -0.39 is 6.61 Å². The fourth-order valence-electron chi connectivity index (χ4n) is 1.88. The number of amides is 1. The van der Waals surface area contributed by atoms with E-state index in [1.165, 1.54) is 6.07 Å². The van der Waals surface area contributed by atoms with Crippen molar-refractivity contribution < 1.29 is 18.3 Å². The lowest BCUT2D eigenvalue weighted by molar-refractivity contribution is -0.121. The van der Waals surface area contributed by atoms with Crippen LogP contribution in [0.1, 0.15) is 31.4 Å². The number of para-hydroxylation sites is 1. The number of rotatable bonds is 8. The highest BCUT2D eigenvalue weighted by Crippen LogP contribution is 2.28. The van der Waals surface area contributed by atoms with Gasteiger partial charge in [0.05, 0.1) is 6.04 Å². The minimum Gasteiger partial charge on any atom is -0.434 e. The molecule has 0 bridgehead atoms. The normalized spacial score (nSPS) is 11.7. The van der Waals surface area contributed by atoms with Gasteiger partial charge in [-0.25, -0.2) is 0 Å². The largest absolute Gasteiger partial charge is 0.434 e. The first-order valence-corrected chi connectivity index (χ1v) is 6.56. The monoisotopic (exact) mass is 322 g/mol. The molecule has 2 N–H and O–H groups in total. The van der Waals surface area contributed by atoms with Crippen LogP contribution in [0.5, 0.6) is 5.75 Å². The highest BCUT2D eigenvalue weighted by Gasteiger charge is 2.18. The number of hydrogen-bond donors (Lipinski definition) is 2. The van der Waals surface area contributed by atoms with Crippen molar-refractivity contribution in [3.63, 3.8) is 0 Å². The number of benzene rings is 1. The summed E-state index contributed by atoms with van der Waals surface area (Å²) in [7, 11) is 1.76. The molecule has 21 heavy (non-hydrogen) atoms. The molecule has 0 aromatic heterocycles. The molecular formula is C14H21ClF2N2O2. The first-order valence-electron chi connectivity index (χ1n) is 6.56. The molecule has 0 radical (unpaired) electrons. The predicted octanol–water partition coefficient (Wildman–Crippen LogP) is 2.89. The van der Waals surface area contributed by atoms with Crippen LogP contribution >= 0.6 is 12.4 Å². The van der Waals surface area contributed by atoms with Crippen LogP contribution in [0.25, 0.3) is 0 Å². The lowest BCUT2D eigenvalue weighted by Crippen LogP contribution is -2.30. The smallest absolute Gasteiger partial charge is 0.387 e. The van der Waals surface area contributed by atoms with Crippen molar-refractivity contribution in [3.8, 4) is 5.75 Å². The molecule has 1 rings (SSSR count). The summed E-state index contributed by atoms with van der Waals surface area (Å²) in [6.45, 7) is -0.437. The van der Waals surface area contributed by atoms with Gasteiger partial charge in [-0.3, -0.25) is 4.79 Å². The maximum Gasteiger partial charge on any atom is 0.387 e. The van der Waals surface area contributed by atoms with E-state index in [0.29, 0.717) is 24.9 Å². The highest BCUT2D eigenvalue weighted by atomic mass is 35.5. The maximum atomic E-state index is 12.4. The van der Waals surface area contributed by atoms with Crippen LogP contribution in [0, 0.1) is 0 Å². The molecule has 120 valence electrons. The lowest BCUT2D eigenvalue weighted by Gasteiger charge is -2.20. The van der Waals surface area contributed by atoms with Crippen LogP contribution < -0.4 is 15.4 Å². The Balaban J connectivity index is 0.00000400. The third kappa shape index (κ3) is 6.73. The van der Waals surface area contributed by atoms with Crippen molar-refractivity contribution in [1.82, 2.24) is 10.6 Å². The number of hydrogen-bond acceptors (Lipinski definition) is 3. The molecule has 0 aliphatic rings. The number of carbonyl (C=O) groups excluding carboxylic acids is 1. The Bertz CT molecular complexity index is 433. The molecule has 0 spiro atoms. The number of nitrogens with one attached hydrogen (secondary N) is 2. The van der Waals surface area contributed by atoms with Crippen LogP contribution in [0.15, 0.2) is 24.3 Å². The first kappa shape index (κ1) is 19.6. The van der Waals surface area contributed by atoms with Crippen LogP contribution in [0.4, 0.5) is 8.78 Å². The fourth-order valence-corrected chi connectivity index (χ4v) is 1.88. The van der Waals surface area contributed by atoms with E-state index in [0.717, 1.165) is 0 Å². The van der Waals surface area contributed by atoms with Gasteiger partial charge in [0.1, 0.15) is 5.75 Å². The van der Waals surface area contributed by atoms with Crippen molar-refractivity contribution >= 4 is 18.3 Å². The second-order valence-corrected chi connectivity index (χ2v) is 4.30. The van der Waals surface area contributed by atoms with Gasteiger partial charge in [-0.1, -0.05) is 25.1 Å². The fraction of sp³-hybridized carbons (Fsp3) is 0.500. The Morgan fingerprint density at radius 3 is 2.57 bits per heavy atom. The molecular weight excluding hydrogens is 302 g/mol. The van der Waals surface area contributed by atoms with Crippen molar-refractivity contribution in [2.75, 3.05) is 13.6 Å². The molecule has 0 saturated heterocycles. The van der Waals surface area contributed by atoms with Gasteiger partial charge < -0.3 is 15.4 Å². The topological polar surface area (TPSA) is 50.4 Å². The van der Waals surface area contributed by atoms with Crippen molar-refractivity contribution in [2.24, 2.45) is 0 Å². The lowest BCUT2D eigenvalue weighted by atomic mass is 10.0. The summed E-state index contributed by atoms with van der Waals surface area (Å²) in [4.78, 5) is 11.7. The number of alkyl halides is 2. The molecule has 0 aliphatic carbocycles. The Kier molecular flexibility index (Phi) is 9.65. The van der Waals surface area contributed by atoms with Gasteiger partial charge >= 0.3 is 6.61 Å². The Morgan fingerprint density at radius 2 is 2.00 bits per heavy atom. The summed E-state index contributed by atoms with van der Waals surface area (Å²) >= 11 is 0. The summed E-state index contributed by atoms with van der Waals surface area (Å²) in [6, 6.07) is 6.18. The summed E-state index contributed by atoms with van der Waals surface area (Å²) in [5.41, 5.74) is 0.563. The second-order valence-electron chi connectivity index (χ2n) is 4.30. The molecule has 0 fully saturated rings. The summed E-state index contributed by atoms with van der Waals surface area (Å²) in [5.74, 6) is -0.0266. The highest BCUT2D eigenvalue weighted by molar-refractivity contribution is 5.85. The van der Waals surface area contributed by atoms with Crippen molar-refractivity contribution in [2.45, 2.75) is 32.4 Å². The van der Waals surface area contributed by atoms with E-state index in [-0.39, 0.29) is 30.1 Å². The Hall–Kier alpha value is -1.40. The second kappa shape index (κ2) is 10.3. The molecule has 4 nitrogen and oxygen atoms in total. The summed E-state index contributed by atoms with van der Waals surface area (Å²) in [6.07, 6.45) is 0.930. The zero-order valence-electron chi connectivity index (χ0n) is 12.1. The standard InChI is InChI=1S/C14H20F2N2O2.ClH/c1-3-11(18-13(19)8-9-17-2)10-6-4-5-7-12(10)20-14(15)16;/h4-7,11,14,17H,3,8-9H2,1-2H3,(H,18,19);1H. The molecule has 1 atom stereocenters. The van der Waals surface area contributed by atoms with E-state index in [2.05, 4.69) is 15.4 Å². The number of ether oxygens (including phenoxy) is 1. The third-order valence-electron chi connectivity index (χ3n) is 2.86. The summed E-state index contributed by atoms with van der Waals surface area (Å²) < 4.78 is 29.3. The van der Waals surface area contributed by atoms with Crippen LogP contribution in [0.3, 0.4) is 0 Å². The SMILES string of the molecule is CCC(NC(=O)CCNC)c1ccccc1OC(F)F.Cl.